The van der Waals surface area contributed by atoms with Crippen LogP contribution < -0.4 is 0 Å². The highest BCUT2D eigenvalue weighted by molar-refractivity contribution is 5.93. The zero-order valence-electron chi connectivity index (χ0n) is 16.6. The lowest BCUT2D eigenvalue weighted by atomic mass is 9.76. The molecule has 0 N–H and O–H groups in total. The molecule has 1 aromatic heterocycles. The minimum atomic E-state index is -0.654. The molecule has 7 nitrogen and oxygen atoms in total. The second-order valence-electron chi connectivity index (χ2n) is 9.28. The van der Waals surface area contributed by atoms with Crippen molar-refractivity contribution in [3.8, 4) is 0 Å². The first-order chi connectivity index (χ1) is 12.6. The van der Waals surface area contributed by atoms with Crippen molar-refractivity contribution < 1.29 is 18.8 Å². The van der Waals surface area contributed by atoms with Crippen molar-refractivity contribution in [1.29, 1.82) is 0 Å². The predicted octanol–water partition coefficient (Wildman–Crippen LogP) is 1.77. The van der Waals surface area contributed by atoms with E-state index < -0.39 is 17.4 Å². The maximum absolute atomic E-state index is 13.2. The second kappa shape index (κ2) is 5.92. The third-order valence-electron chi connectivity index (χ3n) is 5.58. The number of aryl methyl sites for hydroxylation is 1. The Morgan fingerprint density at radius 2 is 2.19 bits per heavy atom. The van der Waals surface area contributed by atoms with Crippen LogP contribution >= 0.6 is 0 Å². The number of fused-ring (bicyclic) bond motifs is 1. The zero-order chi connectivity index (χ0) is 19.6. The van der Waals surface area contributed by atoms with Crippen LogP contribution in [0.25, 0.3) is 0 Å². The van der Waals surface area contributed by atoms with E-state index in [1.807, 2.05) is 30.0 Å². The highest BCUT2D eigenvalue weighted by atomic mass is 16.5. The molecule has 4 rings (SSSR count). The number of nitrogens with zero attached hydrogens (tertiary/aromatic N) is 3. The number of amides is 2. The molecule has 146 valence electrons. The SMILES string of the molecule is Cc1cc(CN(C)C(=O)[C@@H]2[C@@H]3C=C[C@@]4(CN(CC(C)(C)C)C(=O)[C@H]24)O3)no1. The Bertz CT molecular complexity index is 808. The summed E-state index contributed by atoms with van der Waals surface area (Å²) in [5, 5.41) is 3.96. The Hall–Kier alpha value is -2.15. The molecule has 2 bridgehead atoms. The van der Waals surface area contributed by atoms with Gasteiger partial charge in [-0.2, -0.15) is 0 Å². The number of ether oxygens (including phenoxy) is 1. The van der Waals surface area contributed by atoms with Gasteiger partial charge in [-0.25, -0.2) is 0 Å². The molecular formula is C20H27N3O4. The quantitative estimate of drug-likeness (QED) is 0.752. The molecule has 7 heteroatoms. The average Bonchev–Trinajstić information content (AvgIpc) is 3.28. The van der Waals surface area contributed by atoms with E-state index in [0.717, 1.165) is 0 Å². The van der Waals surface area contributed by atoms with Crippen molar-refractivity contribution >= 4 is 11.8 Å². The van der Waals surface area contributed by atoms with E-state index in [2.05, 4.69) is 25.9 Å². The third-order valence-corrected chi connectivity index (χ3v) is 5.58. The van der Waals surface area contributed by atoms with Gasteiger partial charge in [0.05, 0.1) is 31.0 Å². The Labute approximate surface area is 159 Å². The molecule has 27 heavy (non-hydrogen) atoms. The van der Waals surface area contributed by atoms with E-state index in [0.29, 0.717) is 31.1 Å². The first kappa shape index (κ1) is 18.2. The summed E-state index contributed by atoms with van der Waals surface area (Å²) in [4.78, 5) is 29.8. The van der Waals surface area contributed by atoms with Crippen LogP contribution in [-0.2, 0) is 20.9 Å². The molecule has 0 saturated carbocycles. The maximum atomic E-state index is 13.2. The molecule has 2 fully saturated rings. The topological polar surface area (TPSA) is 75.9 Å². The van der Waals surface area contributed by atoms with Gasteiger partial charge in [0.2, 0.25) is 11.8 Å². The smallest absolute Gasteiger partial charge is 0.230 e. The number of carbonyl (C=O) groups excluding carboxylic acids is 2. The molecule has 0 aliphatic carbocycles. The first-order valence-corrected chi connectivity index (χ1v) is 9.43. The molecule has 2 amide bonds. The number of hydrogen-bond acceptors (Lipinski definition) is 5. The number of likely N-dealkylation sites (tertiary alicyclic amines) is 1. The Morgan fingerprint density at radius 1 is 1.44 bits per heavy atom. The molecule has 2 saturated heterocycles. The van der Waals surface area contributed by atoms with Crippen LogP contribution in [0.4, 0.5) is 0 Å². The van der Waals surface area contributed by atoms with E-state index in [-0.39, 0.29) is 23.3 Å². The number of aromatic nitrogens is 1. The van der Waals surface area contributed by atoms with Gasteiger partial charge in [-0.3, -0.25) is 9.59 Å². The van der Waals surface area contributed by atoms with E-state index in [1.165, 1.54) is 0 Å². The lowest BCUT2D eigenvalue weighted by Crippen LogP contribution is -2.45. The maximum Gasteiger partial charge on any atom is 0.230 e. The first-order valence-electron chi connectivity index (χ1n) is 9.43. The second-order valence-corrected chi connectivity index (χ2v) is 9.28. The van der Waals surface area contributed by atoms with Gasteiger partial charge in [0.25, 0.3) is 0 Å². The summed E-state index contributed by atoms with van der Waals surface area (Å²) < 4.78 is 11.3. The van der Waals surface area contributed by atoms with Gasteiger partial charge < -0.3 is 19.1 Å². The summed E-state index contributed by atoms with van der Waals surface area (Å²) in [6.45, 7) is 9.67. The van der Waals surface area contributed by atoms with E-state index in [4.69, 9.17) is 9.26 Å². The van der Waals surface area contributed by atoms with Gasteiger partial charge in [0, 0.05) is 19.7 Å². The van der Waals surface area contributed by atoms with Crippen LogP contribution in [-0.4, -0.2) is 58.6 Å². The van der Waals surface area contributed by atoms with Crippen LogP contribution in [0, 0.1) is 24.2 Å². The molecule has 0 radical (unpaired) electrons. The summed E-state index contributed by atoms with van der Waals surface area (Å²) in [5.74, 6) is -0.266. The average molecular weight is 373 g/mol. The fourth-order valence-corrected chi connectivity index (χ4v) is 4.63. The molecule has 1 aromatic rings. The highest BCUT2D eigenvalue weighted by Gasteiger charge is 2.67. The van der Waals surface area contributed by atoms with Crippen LogP contribution in [0.1, 0.15) is 32.2 Å². The largest absolute Gasteiger partial charge is 0.361 e. The van der Waals surface area contributed by atoms with Crippen LogP contribution in [0.5, 0.6) is 0 Å². The van der Waals surface area contributed by atoms with Crippen LogP contribution in [0.15, 0.2) is 22.7 Å². The van der Waals surface area contributed by atoms with E-state index >= 15 is 0 Å². The third kappa shape index (κ3) is 2.98. The Balaban J connectivity index is 1.54. The highest BCUT2D eigenvalue weighted by Crippen LogP contribution is 2.52. The number of rotatable bonds is 4. The van der Waals surface area contributed by atoms with Gasteiger partial charge in [-0.1, -0.05) is 38.1 Å². The van der Waals surface area contributed by atoms with Crippen LogP contribution in [0.3, 0.4) is 0 Å². The van der Waals surface area contributed by atoms with Gasteiger partial charge in [0.15, 0.2) is 0 Å². The molecule has 4 heterocycles. The minimum absolute atomic E-state index is 0.00618. The van der Waals surface area contributed by atoms with Crippen molar-refractivity contribution in [2.45, 2.75) is 45.9 Å². The van der Waals surface area contributed by atoms with Gasteiger partial charge >= 0.3 is 0 Å². The molecular weight excluding hydrogens is 346 g/mol. The zero-order valence-corrected chi connectivity index (χ0v) is 16.6. The summed E-state index contributed by atoms with van der Waals surface area (Å²) in [6, 6.07) is 1.81. The van der Waals surface area contributed by atoms with Gasteiger partial charge in [-0.15, -0.1) is 0 Å². The molecule has 0 aromatic carbocycles. The summed E-state index contributed by atoms with van der Waals surface area (Å²) in [7, 11) is 1.74. The van der Waals surface area contributed by atoms with Crippen molar-refractivity contribution in [3.05, 3.63) is 29.7 Å². The fraction of sp³-hybridized carbons (Fsp3) is 0.650. The lowest BCUT2D eigenvalue weighted by molar-refractivity contribution is -0.143. The standard InChI is InChI=1S/C20H27N3O4/c1-12-8-13(21-27-12)9-22(5)17(24)15-14-6-7-20(26-14)11-23(10-19(2,3)4)18(25)16(15)20/h6-8,14-16H,9-11H2,1-5H3/t14-,15+,16-,20-/m0/s1. The number of carbonyl (C=O) groups is 2. The van der Waals surface area contributed by atoms with Crippen molar-refractivity contribution in [3.63, 3.8) is 0 Å². The predicted molar refractivity (Wildman–Crippen MR) is 97.5 cm³/mol. The van der Waals surface area contributed by atoms with Gasteiger partial charge in [0.1, 0.15) is 17.1 Å². The van der Waals surface area contributed by atoms with Gasteiger partial charge in [-0.05, 0) is 12.3 Å². The normalized spacial score (nSPS) is 31.7. The monoisotopic (exact) mass is 373 g/mol. The van der Waals surface area contributed by atoms with Crippen molar-refractivity contribution in [1.82, 2.24) is 15.0 Å². The Morgan fingerprint density at radius 3 is 2.81 bits per heavy atom. The van der Waals surface area contributed by atoms with Crippen molar-refractivity contribution in [2.75, 3.05) is 20.1 Å². The van der Waals surface area contributed by atoms with Crippen molar-refractivity contribution in [2.24, 2.45) is 17.3 Å². The van der Waals surface area contributed by atoms with E-state index in [1.54, 1.807) is 11.9 Å². The molecule has 1 spiro atoms. The summed E-state index contributed by atoms with van der Waals surface area (Å²) in [5.41, 5.74) is 0.0386. The van der Waals surface area contributed by atoms with Crippen LogP contribution in [0.2, 0.25) is 0 Å². The molecule has 3 aliphatic rings. The Kier molecular flexibility index (Phi) is 4.00. The van der Waals surface area contributed by atoms with E-state index in [9.17, 15) is 9.59 Å². The summed E-state index contributed by atoms with van der Waals surface area (Å²) in [6.07, 6.45) is 3.61. The molecule has 4 atom stereocenters. The minimum Gasteiger partial charge on any atom is -0.361 e. The molecule has 0 unspecified atom stereocenters. The fourth-order valence-electron chi connectivity index (χ4n) is 4.63. The molecule has 3 aliphatic heterocycles. The number of hydrogen-bond donors (Lipinski definition) is 0. The lowest BCUT2D eigenvalue weighted by Gasteiger charge is -2.29. The summed E-state index contributed by atoms with van der Waals surface area (Å²) >= 11 is 0.